The van der Waals surface area contributed by atoms with Crippen LogP contribution in [-0.4, -0.2) is 31.8 Å². The molecule has 0 saturated heterocycles. The molecule has 0 bridgehead atoms. The van der Waals surface area contributed by atoms with Gasteiger partial charge in [-0.25, -0.2) is 4.98 Å². The summed E-state index contributed by atoms with van der Waals surface area (Å²) in [5.41, 5.74) is 0.970. The molecule has 7 heteroatoms. The van der Waals surface area contributed by atoms with Gasteiger partial charge in [0.05, 0.1) is 18.1 Å². The van der Waals surface area contributed by atoms with Crippen molar-refractivity contribution in [2.24, 2.45) is 0 Å². The molecule has 2 aliphatic rings. The number of aromatic nitrogens is 5. The number of nitrogens with zero attached hydrogens (tertiary/aromatic N) is 5. The highest BCUT2D eigenvalue weighted by molar-refractivity contribution is 7.98. The Kier molecular flexibility index (Phi) is 3.29. The standard InChI is InChI=1S/C14H18N6S/c1-15-12-7-16-10(6-17-12)8-21-14-19-18-13(9-2-3-9)20(14)11-4-5-11/h6-7,9,11H,2-5,8H2,1H3,(H,15,17). The van der Waals surface area contributed by atoms with Gasteiger partial charge >= 0.3 is 0 Å². The van der Waals surface area contributed by atoms with Gasteiger partial charge in [-0.3, -0.25) is 4.98 Å². The summed E-state index contributed by atoms with van der Waals surface area (Å²) in [6.07, 6.45) is 8.65. The summed E-state index contributed by atoms with van der Waals surface area (Å²) in [4.78, 5) is 8.70. The fourth-order valence-electron chi connectivity index (χ4n) is 2.38. The highest BCUT2D eigenvalue weighted by atomic mass is 32.2. The van der Waals surface area contributed by atoms with Crippen LogP contribution in [0.15, 0.2) is 17.6 Å². The van der Waals surface area contributed by atoms with Crippen molar-refractivity contribution in [1.29, 1.82) is 0 Å². The highest BCUT2D eigenvalue weighted by Crippen LogP contribution is 2.46. The van der Waals surface area contributed by atoms with Crippen molar-refractivity contribution in [1.82, 2.24) is 24.7 Å². The molecule has 0 atom stereocenters. The highest BCUT2D eigenvalue weighted by Gasteiger charge is 2.36. The second-order valence-corrected chi connectivity index (χ2v) is 6.59. The summed E-state index contributed by atoms with van der Waals surface area (Å²) in [6.45, 7) is 0. The predicted molar refractivity (Wildman–Crippen MR) is 81.4 cm³/mol. The Balaban J connectivity index is 1.48. The average molecular weight is 302 g/mol. The first-order valence-electron chi connectivity index (χ1n) is 7.41. The molecular weight excluding hydrogens is 284 g/mol. The molecule has 2 aliphatic carbocycles. The van der Waals surface area contributed by atoms with Gasteiger partial charge in [0, 0.05) is 24.8 Å². The van der Waals surface area contributed by atoms with E-state index in [4.69, 9.17) is 0 Å². The summed E-state index contributed by atoms with van der Waals surface area (Å²) in [6, 6.07) is 0.635. The molecule has 2 heterocycles. The topological polar surface area (TPSA) is 68.5 Å². The number of hydrogen-bond donors (Lipinski definition) is 1. The van der Waals surface area contributed by atoms with Gasteiger partial charge in [-0.2, -0.15) is 0 Å². The fourth-order valence-corrected chi connectivity index (χ4v) is 3.29. The maximum absolute atomic E-state index is 4.43. The van der Waals surface area contributed by atoms with Gasteiger partial charge in [0.25, 0.3) is 0 Å². The third-order valence-corrected chi connectivity index (χ3v) is 4.83. The van der Waals surface area contributed by atoms with Crippen LogP contribution in [0.2, 0.25) is 0 Å². The van der Waals surface area contributed by atoms with Crippen LogP contribution in [0.25, 0.3) is 0 Å². The quantitative estimate of drug-likeness (QED) is 0.827. The first-order chi connectivity index (χ1) is 10.3. The molecule has 6 nitrogen and oxygen atoms in total. The lowest BCUT2D eigenvalue weighted by molar-refractivity contribution is 0.627. The Labute approximate surface area is 127 Å². The van der Waals surface area contributed by atoms with E-state index in [9.17, 15) is 0 Å². The molecule has 4 rings (SSSR count). The van der Waals surface area contributed by atoms with E-state index in [1.54, 1.807) is 18.0 Å². The summed E-state index contributed by atoms with van der Waals surface area (Å²) in [5, 5.41) is 12.8. The van der Waals surface area contributed by atoms with Crippen molar-refractivity contribution >= 4 is 17.6 Å². The van der Waals surface area contributed by atoms with E-state index < -0.39 is 0 Å². The van der Waals surface area contributed by atoms with Crippen molar-refractivity contribution in [2.45, 2.75) is 48.6 Å². The Morgan fingerprint density at radius 3 is 2.67 bits per heavy atom. The molecule has 0 unspecified atom stereocenters. The third kappa shape index (κ3) is 2.74. The summed E-state index contributed by atoms with van der Waals surface area (Å²) >= 11 is 1.71. The van der Waals surface area contributed by atoms with E-state index in [0.717, 1.165) is 22.4 Å². The molecule has 2 aromatic rings. The van der Waals surface area contributed by atoms with Crippen LogP contribution in [0.3, 0.4) is 0 Å². The van der Waals surface area contributed by atoms with E-state index >= 15 is 0 Å². The molecule has 2 aromatic heterocycles. The van der Waals surface area contributed by atoms with Crippen LogP contribution in [-0.2, 0) is 5.75 Å². The number of rotatable bonds is 6. The van der Waals surface area contributed by atoms with Crippen molar-refractivity contribution < 1.29 is 0 Å². The lowest BCUT2D eigenvalue weighted by Gasteiger charge is -2.07. The lowest BCUT2D eigenvalue weighted by Crippen LogP contribution is -2.02. The van der Waals surface area contributed by atoms with Crippen molar-refractivity contribution in [2.75, 3.05) is 12.4 Å². The third-order valence-electron chi connectivity index (χ3n) is 3.86. The molecule has 0 radical (unpaired) electrons. The summed E-state index contributed by atoms with van der Waals surface area (Å²) < 4.78 is 2.37. The van der Waals surface area contributed by atoms with Crippen LogP contribution in [0.1, 0.15) is 49.2 Å². The molecule has 0 amide bonds. The van der Waals surface area contributed by atoms with E-state index in [2.05, 4.69) is 30.0 Å². The van der Waals surface area contributed by atoms with Crippen LogP contribution in [0.5, 0.6) is 0 Å². The van der Waals surface area contributed by atoms with Gasteiger partial charge in [-0.15, -0.1) is 10.2 Å². The summed E-state index contributed by atoms with van der Waals surface area (Å²) in [7, 11) is 1.84. The monoisotopic (exact) mass is 302 g/mol. The molecule has 0 aliphatic heterocycles. The maximum Gasteiger partial charge on any atom is 0.191 e. The van der Waals surface area contributed by atoms with Crippen LogP contribution >= 0.6 is 11.8 Å². The first-order valence-corrected chi connectivity index (χ1v) is 8.40. The number of anilines is 1. The SMILES string of the molecule is CNc1cnc(CSc2nnc(C3CC3)n2C2CC2)cn1. The lowest BCUT2D eigenvalue weighted by atomic mass is 10.4. The normalized spacial score (nSPS) is 18.0. The Morgan fingerprint density at radius 1 is 1.19 bits per heavy atom. The molecule has 21 heavy (non-hydrogen) atoms. The Morgan fingerprint density at radius 2 is 2.05 bits per heavy atom. The zero-order valence-corrected chi connectivity index (χ0v) is 12.8. The van der Waals surface area contributed by atoms with Crippen LogP contribution in [0.4, 0.5) is 5.82 Å². The van der Waals surface area contributed by atoms with E-state index in [1.165, 1.54) is 31.5 Å². The van der Waals surface area contributed by atoms with Crippen molar-refractivity contribution in [3.8, 4) is 0 Å². The average Bonchev–Trinajstić information content (AvgIpc) is 3.44. The van der Waals surface area contributed by atoms with E-state index in [1.807, 2.05) is 13.2 Å². The maximum atomic E-state index is 4.43. The van der Waals surface area contributed by atoms with E-state index in [-0.39, 0.29) is 0 Å². The van der Waals surface area contributed by atoms with Crippen molar-refractivity contribution in [3.63, 3.8) is 0 Å². The zero-order valence-electron chi connectivity index (χ0n) is 12.0. The van der Waals surface area contributed by atoms with Gasteiger partial charge in [0.15, 0.2) is 5.16 Å². The van der Waals surface area contributed by atoms with Crippen LogP contribution in [0, 0.1) is 0 Å². The van der Waals surface area contributed by atoms with Gasteiger partial charge in [-0.05, 0) is 25.7 Å². The second-order valence-electron chi connectivity index (χ2n) is 5.65. The number of thioether (sulfide) groups is 1. The Bertz CT molecular complexity index is 629. The molecule has 0 aromatic carbocycles. The molecule has 0 spiro atoms. The molecule has 1 N–H and O–H groups in total. The largest absolute Gasteiger partial charge is 0.372 e. The number of hydrogen-bond acceptors (Lipinski definition) is 6. The van der Waals surface area contributed by atoms with Gasteiger partial charge < -0.3 is 9.88 Å². The molecule has 110 valence electrons. The molecule has 2 fully saturated rings. The smallest absolute Gasteiger partial charge is 0.191 e. The molecule has 2 saturated carbocycles. The van der Waals surface area contributed by atoms with Crippen LogP contribution < -0.4 is 5.32 Å². The predicted octanol–water partition coefficient (Wildman–Crippen LogP) is 2.61. The fraction of sp³-hybridized carbons (Fsp3) is 0.571. The molecular formula is C14H18N6S. The summed E-state index contributed by atoms with van der Waals surface area (Å²) in [5.74, 6) is 3.44. The second kappa shape index (κ2) is 5.29. The van der Waals surface area contributed by atoms with Gasteiger partial charge in [0.2, 0.25) is 0 Å². The van der Waals surface area contributed by atoms with E-state index in [0.29, 0.717) is 12.0 Å². The minimum atomic E-state index is 0.635. The van der Waals surface area contributed by atoms with Crippen molar-refractivity contribution in [3.05, 3.63) is 23.9 Å². The zero-order chi connectivity index (χ0) is 14.2. The Hall–Kier alpha value is -1.63. The first kappa shape index (κ1) is 13.1. The minimum absolute atomic E-state index is 0.635. The number of nitrogens with one attached hydrogen (secondary N) is 1. The van der Waals surface area contributed by atoms with Gasteiger partial charge in [-0.1, -0.05) is 11.8 Å². The van der Waals surface area contributed by atoms with Gasteiger partial charge in [0.1, 0.15) is 11.6 Å². The minimum Gasteiger partial charge on any atom is -0.372 e.